The van der Waals surface area contributed by atoms with Crippen molar-refractivity contribution in [2.24, 2.45) is 0 Å². The van der Waals surface area contributed by atoms with Gasteiger partial charge in [-0.2, -0.15) is 26.3 Å². The highest BCUT2D eigenvalue weighted by Gasteiger charge is 2.40. The van der Waals surface area contributed by atoms with Crippen molar-refractivity contribution in [2.75, 3.05) is 11.1 Å². The monoisotopic (exact) mass is 500 g/mol. The third-order valence-corrected chi connectivity index (χ3v) is 6.20. The van der Waals surface area contributed by atoms with E-state index in [0.29, 0.717) is 43.3 Å². The zero-order valence-corrected chi connectivity index (χ0v) is 17.2. The minimum absolute atomic E-state index is 0.142. The number of nitrogens with one attached hydrogen (secondary N) is 1. The number of rotatable bonds is 6. The van der Waals surface area contributed by atoms with Gasteiger partial charge >= 0.3 is 12.4 Å². The first-order valence-corrected chi connectivity index (χ1v) is 10.3. The number of nitro benzene ring substituents is 1. The predicted molar refractivity (Wildman–Crippen MR) is 101 cm³/mol. The highest BCUT2D eigenvalue weighted by Crippen LogP contribution is 2.37. The second-order valence-electron chi connectivity index (χ2n) is 6.99. The molecular formula is C18H14F6N2O6S. The van der Waals surface area contributed by atoms with E-state index in [-0.39, 0.29) is 6.07 Å². The molecule has 0 aliphatic heterocycles. The molecule has 2 aromatic rings. The number of nitrogens with zero attached hydrogens (tertiary/aromatic N) is 1. The van der Waals surface area contributed by atoms with Gasteiger partial charge in [-0.1, -0.05) is 0 Å². The first-order valence-electron chi connectivity index (χ1n) is 8.64. The highest BCUT2D eigenvalue weighted by atomic mass is 32.2. The van der Waals surface area contributed by atoms with E-state index >= 15 is 0 Å². The van der Waals surface area contributed by atoms with E-state index in [2.05, 4.69) is 0 Å². The molecule has 0 saturated heterocycles. The van der Waals surface area contributed by atoms with Crippen LogP contribution in [0.25, 0.3) is 0 Å². The molecule has 1 atom stereocenters. The van der Waals surface area contributed by atoms with Gasteiger partial charge in [-0.05, 0) is 37.3 Å². The maximum Gasteiger partial charge on any atom is 0.418 e. The van der Waals surface area contributed by atoms with Crippen LogP contribution in [0, 0.1) is 10.1 Å². The normalized spacial score (nSPS) is 14.4. The van der Waals surface area contributed by atoms with E-state index in [1.807, 2.05) is 0 Å². The average Bonchev–Trinajstić information content (AvgIpc) is 2.65. The molecule has 1 amide bonds. The number of amides is 1. The van der Waals surface area contributed by atoms with Crippen LogP contribution in [-0.2, 0) is 27.0 Å². The Balaban J connectivity index is 2.30. The molecule has 0 saturated carbocycles. The Bertz CT molecular complexity index is 1170. The number of carbonyl (C=O) groups excluding carboxylic acids is 1. The van der Waals surface area contributed by atoms with Crippen molar-refractivity contribution in [3.63, 3.8) is 0 Å². The molecule has 180 valence electrons. The van der Waals surface area contributed by atoms with E-state index in [1.54, 1.807) is 5.32 Å². The van der Waals surface area contributed by atoms with Gasteiger partial charge in [-0.3, -0.25) is 14.9 Å². The average molecular weight is 500 g/mol. The summed E-state index contributed by atoms with van der Waals surface area (Å²) >= 11 is 0. The van der Waals surface area contributed by atoms with Gasteiger partial charge in [0.1, 0.15) is 0 Å². The molecule has 2 N–H and O–H groups in total. The summed E-state index contributed by atoms with van der Waals surface area (Å²) in [5.74, 6) is -2.98. The van der Waals surface area contributed by atoms with Crippen molar-refractivity contribution < 1.29 is 49.6 Å². The molecule has 0 spiro atoms. The van der Waals surface area contributed by atoms with Crippen LogP contribution in [0.2, 0.25) is 0 Å². The minimum Gasteiger partial charge on any atom is -0.379 e. The van der Waals surface area contributed by atoms with Gasteiger partial charge in [0.25, 0.3) is 11.6 Å². The molecule has 8 nitrogen and oxygen atoms in total. The van der Waals surface area contributed by atoms with Crippen LogP contribution in [0.4, 0.5) is 37.7 Å². The second kappa shape index (κ2) is 8.62. The topological polar surface area (TPSA) is 127 Å². The Hall–Kier alpha value is -3.20. The quantitative estimate of drug-likeness (QED) is 0.353. The lowest BCUT2D eigenvalue weighted by molar-refractivity contribution is -0.385. The molecule has 33 heavy (non-hydrogen) atoms. The molecule has 0 radical (unpaired) electrons. The van der Waals surface area contributed by atoms with Gasteiger partial charge in [-0.25, -0.2) is 8.42 Å². The fraction of sp³-hybridized carbons (Fsp3) is 0.278. The fourth-order valence-corrected chi connectivity index (χ4v) is 4.20. The summed E-state index contributed by atoms with van der Waals surface area (Å²) in [5.41, 5.74) is -7.51. The molecule has 1 unspecified atom stereocenters. The first kappa shape index (κ1) is 26.1. The standard InChI is InChI=1S/C18H14F6N2O6S/c1-16(28,9-33(31,32)12-5-2-10(3-6-12)17(19,20)21)15(27)25-14-7-4-11(26(29)30)8-13(14)18(22,23)24/h2-8,28H,9H2,1H3,(H,25,27). The molecule has 0 bridgehead atoms. The number of aliphatic hydroxyl groups is 1. The Kier molecular flexibility index (Phi) is 6.81. The number of carbonyl (C=O) groups is 1. The Morgan fingerprint density at radius 2 is 1.58 bits per heavy atom. The van der Waals surface area contributed by atoms with Crippen LogP contribution in [0.15, 0.2) is 47.4 Å². The molecule has 2 rings (SSSR count). The van der Waals surface area contributed by atoms with E-state index in [9.17, 15) is 54.8 Å². The largest absolute Gasteiger partial charge is 0.418 e. The van der Waals surface area contributed by atoms with E-state index in [1.165, 1.54) is 0 Å². The third kappa shape index (κ3) is 6.19. The molecule has 15 heteroatoms. The van der Waals surface area contributed by atoms with Crippen molar-refractivity contribution in [2.45, 2.75) is 29.8 Å². The zero-order valence-electron chi connectivity index (χ0n) is 16.4. The van der Waals surface area contributed by atoms with E-state index in [4.69, 9.17) is 0 Å². The molecule has 2 aromatic carbocycles. The SMILES string of the molecule is CC(O)(CS(=O)(=O)c1ccc(C(F)(F)F)cc1)C(=O)Nc1ccc([N+](=O)[O-])cc1C(F)(F)F. The number of non-ortho nitro benzene ring substituents is 1. The summed E-state index contributed by atoms with van der Waals surface area (Å²) in [4.78, 5) is 21.3. The smallest absolute Gasteiger partial charge is 0.379 e. The Morgan fingerprint density at radius 3 is 2.03 bits per heavy atom. The van der Waals surface area contributed by atoms with Gasteiger partial charge < -0.3 is 10.4 Å². The molecular weight excluding hydrogens is 486 g/mol. The van der Waals surface area contributed by atoms with Crippen LogP contribution in [0.3, 0.4) is 0 Å². The summed E-state index contributed by atoms with van der Waals surface area (Å²) in [6.45, 7) is 0.669. The molecule has 0 aliphatic carbocycles. The molecule has 0 aromatic heterocycles. The number of benzene rings is 2. The first-order chi connectivity index (χ1) is 14.8. The van der Waals surface area contributed by atoms with Gasteiger partial charge in [0.2, 0.25) is 0 Å². The lowest BCUT2D eigenvalue weighted by Gasteiger charge is -2.23. The van der Waals surface area contributed by atoms with Crippen molar-refractivity contribution >= 4 is 27.1 Å². The maximum absolute atomic E-state index is 13.2. The summed E-state index contributed by atoms with van der Waals surface area (Å²) in [7, 11) is -4.56. The van der Waals surface area contributed by atoms with Gasteiger partial charge in [0.05, 0.1) is 32.4 Å². The summed E-state index contributed by atoms with van der Waals surface area (Å²) in [5, 5.41) is 22.7. The van der Waals surface area contributed by atoms with Gasteiger partial charge in [-0.15, -0.1) is 0 Å². The summed E-state index contributed by atoms with van der Waals surface area (Å²) < 4.78 is 102. The number of nitro groups is 1. The maximum atomic E-state index is 13.2. The second-order valence-corrected chi connectivity index (χ2v) is 8.98. The summed E-state index contributed by atoms with van der Waals surface area (Å²) in [6.07, 6.45) is -9.89. The number of halogens is 6. The predicted octanol–water partition coefficient (Wildman–Crippen LogP) is 3.80. The van der Waals surface area contributed by atoms with Crippen LogP contribution < -0.4 is 5.32 Å². The highest BCUT2D eigenvalue weighted by molar-refractivity contribution is 7.91. The zero-order chi connectivity index (χ0) is 25.4. The van der Waals surface area contributed by atoms with Gasteiger partial charge in [0.15, 0.2) is 15.4 Å². The minimum atomic E-state index is -5.15. The van der Waals surface area contributed by atoms with Crippen molar-refractivity contribution in [3.05, 3.63) is 63.7 Å². The van der Waals surface area contributed by atoms with Crippen molar-refractivity contribution in [1.82, 2.24) is 0 Å². The lowest BCUT2D eigenvalue weighted by atomic mass is 10.1. The van der Waals surface area contributed by atoms with E-state index in [0.717, 1.165) is 0 Å². The number of alkyl halides is 6. The Labute approximate surface area is 181 Å². The summed E-state index contributed by atoms with van der Waals surface area (Å²) in [6, 6.07) is 3.48. The van der Waals surface area contributed by atoms with Crippen molar-refractivity contribution in [3.8, 4) is 0 Å². The molecule has 0 aliphatic rings. The molecule has 0 fully saturated rings. The van der Waals surface area contributed by atoms with Crippen LogP contribution in [-0.4, -0.2) is 35.7 Å². The van der Waals surface area contributed by atoms with Crippen LogP contribution in [0.5, 0.6) is 0 Å². The van der Waals surface area contributed by atoms with E-state index < -0.39 is 71.8 Å². The number of sulfone groups is 1. The fourth-order valence-electron chi connectivity index (χ4n) is 2.62. The Morgan fingerprint density at radius 1 is 1.03 bits per heavy atom. The third-order valence-electron chi connectivity index (χ3n) is 4.27. The lowest BCUT2D eigenvalue weighted by Crippen LogP contribution is -2.46. The van der Waals surface area contributed by atoms with Crippen molar-refractivity contribution in [1.29, 1.82) is 0 Å². The number of anilines is 1. The number of hydrogen-bond acceptors (Lipinski definition) is 6. The number of hydrogen-bond donors (Lipinski definition) is 2. The van der Waals surface area contributed by atoms with Crippen LogP contribution >= 0.6 is 0 Å². The van der Waals surface area contributed by atoms with Gasteiger partial charge in [0, 0.05) is 12.1 Å². The van der Waals surface area contributed by atoms with Crippen LogP contribution in [0.1, 0.15) is 18.1 Å². The molecule has 0 heterocycles.